The number of halogens is 1. The van der Waals surface area contributed by atoms with Crippen LogP contribution in [-0.4, -0.2) is 21.3 Å². The average molecular weight is 280 g/mol. The van der Waals surface area contributed by atoms with Crippen molar-refractivity contribution in [1.82, 2.24) is 0 Å². The second-order valence-electron chi connectivity index (χ2n) is 2.54. The lowest BCUT2D eigenvalue weighted by molar-refractivity contribution is -0.309. The summed E-state index contributed by atoms with van der Waals surface area (Å²) in [6, 6.07) is 7.20. The molecule has 0 amide bonds. The van der Waals surface area contributed by atoms with Gasteiger partial charge in [0, 0.05) is 3.57 Å². The molecule has 0 atom stereocenters. The van der Waals surface area contributed by atoms with Gasteiger partial charge in [-0.15, -0.1) is 0 Å². The lowest BCUT2D eigenvalue weighted by Crippen LogP contribution is -2.30. The smallest absolute Gasteiger partial charge is 0.279 e. The first-order valence-corrected chi connectivity index (χ1v) is 4.47. The maximum absolute atomic E-state index is 8.70. The van der Waals surface area contributed by atoms with E-state index < -0.39 is 5.97 Å². The van der Waals surface area contributed by atoms with E-state index in [0.717, 1.165) is 3.57 Å². The van der Waals surface area contributed by atoms with Crippen LogP contribution < -0.4 is 0 Å². The Labute approximate surface area is 83.8 Å². The minimum atomic E-state index is -2.61. The van der Waals surface area contributed by atoms with Crippen molar-refractivity contribution in [3.05, 3.63) is 33.4 Å². The molecule has 0 aliphatic heterocycles. The standard InChI is InChI=1S/C8H9IO3/c9-7-4-2-1-3-6(7)5-8(10,11)12/h1-4,10-12H,5H2. The van der Waals surface area contributed by atoms with Gasteiger partial charge in [-0.25, -0.2) is 0 Å². The summed E-state index contributed by atoms with van der Waals surface area (Å²) in [6.07, 6.45) is -0.174. The van der Waals surface area contributed by atoms with E-state index in [1.165, 1.54) is 0 Å². The minimum Gasteiger partial charge on any atom is -0.343 e. The van der Waals surface area contributed by atoms with Crippen LogP contribution in [-0.2, 0) is 6.42 Å². The third-order valence-electron chi connectivity index (χ3n) is 1.39. The summed E-state index contributed by atoms with van der Waals surface area (Å²) in [5.74, 6) is -2.61. The van der Waals surface area contributed by atoms with Crippen molar-refractivity contribution in [3.8, 4) is 0 Å². The summed E-state index contributed by atoms with van der Waals surface area (Å²) in [7, 11) is 0. The summed E-state index contributed by atoms with van der Waals surface area (Å²) in [5.41, 5.74) is 0.714. The van der Waals surface area contributed by atoms with Gasteiger partial charge in [-0.05, 0) is 34.2 Å². The maximum Gasteiger partial charge on any atom is 0.279 e. The van der Waals surface area contributed by atoms with Gasteiger partial charge in [0.25, 0.3) is 5.97 Å². The molecule has 0 spiro atoms. The Kier molecular flexibility index (Phi) is 3.05. The van der Waals surface area contributed by atoms with Crippen LogP contribution in [0.25, 0.3) is 0 Å². The predicted octanol–water partition coefficient (Wildman–Crippen LogP) is 0.464. The van der Waals surface area contributed by atoms with E-state index >= 15 is 0 Å². The number of aliphatic hydroxyl groups is 3. The van der Waals surface area contributed by atoms with E-state index in [1.54, 1.807) is 12.1 Å². The van der Waals surface area contributed by atoms with Gasteiger partial charge in [-0.1, -0.05) is 18.2 Å². The fourth-order valence-corrected chi connectivity index (χ4v) is 1.48. The molecular weight excluding hydrogens is 271 g/mol. The maximum atomic E-state index is 8.70. The molecule has 0 aromatic heterocycles. The van der Waals surface area contributed by atoms with Crippen LogP contribution in [0.2, 0.25) is 0 Å². The highest BCUT2D eigenvalue weighted by atomic mass is 127. The molecule has 0 saturated carbocycles. The molecule has 0 aliphatic carbocycles. The Morgan fingerprint density at radius 1 is 1.17 bits per heavy atom. The van der Waals surface area contributed by atoms with Crippen LogP contribution in [0.15, 0.2) is 24.3 Å². The fraction of sp³-hybridized carbons (Fsp3) is 0.250. The molecule has 0 unspecified atom stereocenters. The van der Waals surface area contributed by atoms with Gasteiger partial charge in [0.15, 0.2) is 0 Å². The third kappa shape index (κ3) is 3.06. The first-order valence-electron chi connectivity index (χ1n) is 3.39. The Morgan fingerprint density at radius 2 is 1.75 bits per heavy atom. The monoisotopic (exact) mass is 280 g/mol. The SMILES string of the molecule is OC(O)(O)Cc1ccccc1I. The molecule has 0 saturated heterocycles. The molecule has 1 aromatic carbocycles. The van der Waals surface area contributed by atoms with E-state index in [4.69, 9.17) is 15.3 Å². The average Bonchev–Trinajstić information content (AvgIpc) is 1.91. The largest absolute Gasteiger partial charge is 0.343 e. The summed E-state index contributed by atoms with van der Waals surface area (Å²) in [5, 5.41) is 26.1. The van der Waals surface area contributed by atoms with Gasteiger partial charge < -0.3 is 15.3 Å². The van der Waals surface area contributed by atoms with Gasteiger partial charge in [-0.2, -0.15) is 0 Å². The normalized spacial score (nSPS) is 11.7. The van der Waals surface area contributed by atoms with Gasteiger partial charge in [0.05, 0.1) is 6.42 Å². The number of rotatable bonds is 2. The third-order valence-corrected chi connectivity index (χ3v) is 2.44. The molecule has 1 rings (SSSR count). The van der Waals surface area contributed by atoms with Crippen LogP contribution in [0.5, 0.6) is 0 Å². The first-order chi connectivity index (χ1) is 5.49. The molecule has 0 aliphatic rings. The first kappa shape index (κ1) is 9.91. The lowest BCUT2D eigenvalue weighted by Gasteiger charge is -2.14. The van der Waals surface area contributed by atoms with E-state index in [-0.39, 0.29) is 6.42 Å². The highest BCUT2D eigenvalue weighted by Gasteiger charge is 2.19. The van der Waals surface area contributed by atoms with E-state index in [0.29, 0.717) is 5.56 Å². The molecule has 4 heteroatoms. The second kappa shape index (κ2) is 3.69. The summed E-state index contributed by atoms with van der Waals surface area (Å²) >= 11 is 2.07. The van der Waals surface area contributed by atoms with Crippen LogP contribution in [0.3, 0.4) is 0 Å². The van der Waals surface area contributed by atoms with Crippen molar-refractivity contribution < 1.29 is 15.3 Å². The lowest BCUT2D eigenvalue weighted by atomic mass is 10.1. The molecule has 66 valence electrons. The minimum absolute atomic E-state index is 0.174. The van der Waals surface area contributed by atoms with Gasteiger partial charge in [0.2, 0.25) is 0 Å². The summed E-state index contributed by atoms with van der Waals surface area (Å²) in [6.45, 7) is 0. The quantitative estimate of drug-likeness (QED) is 0.545. The zero-order valence-electron chi connectivity index (χ0n) is 6.24. The van der Waals surface area contributed by atoms with E-state index in [1.807, 2.05) is 12.1 Å². The number of hydrogen-bond acceptors (Lipinski definition) is 3. The van der Waals surface area contributed by atoms with Gasteiger partial charge in [0.1, 0.15) is 0 Å². The zero-order valence-corrected chi connectivity index (χ0v) is 8.39. The van der Waals surface area contributed by atoms with Gasteiger partial charge >= 0.3 is 0 Å². The van der Waals surface area contributed by atoms with Crippen molar-refractivity contribution in [2.75, 3.05) is 0 Å². The van der Waals surface area contributed by atoms with Crippen molar-refractivity contribution in [3.63, 3.8) is 0 Å². The van der Waals surface area contributed by atoms with Crippen molar-refractivity contribution >= 4 is 22.6 Å². The van der Waals surface area contributed by atoms with Crippen LogP contribution >= 0.6 is 22.6 Å². The van der Waals surface area contributed by atoms with Crippen molar-refractivity contribution in [2.45, 2.75) is 12.4 Å². The predicted molar refractivity (Wildman–Crippen MR) is 52.3 cm³/mol. The van der Waals surface area contributed by atoms with Crippen molar-refractivity contribution in [1.29, 1.82) is 0 Å². The zero-order chi connectivity index (χ0) is 9.19. The fourth-order valence-electron chi connectivity index (χ4n) is 0.897. The molecule has 1 aromatic rings. The molecule has 3 nitrogen and oxygen atoms in total. The number of hydrogen-bond donors (Lipinski definition) is 3. The molecule has 0 heterocycles. The molecule has 12 heavy (non-hydrogen) atoms. The Morgan fingerprint density at radius 3 is 2.25 bits per heavy atom. The Balaban J connectivity index is 2.83. The van der Waals surface area contributed by atoms with Crippen LogP contribution in [0, 0.1) is 3.57 Å². The Bertz CT molecular complexity index is 267. The molecule has 0 fully saturated rings. The molecule has 0 bridgehead atoms. The van der Waals surface area contributed by atoms with Crippen molar-refractivity contribution in [2.24, 2.45) is 0 Å². The molecular formula is C8H9IO3. The molecule has 0 radical (unpaired) electrons. The van der Waals surface area contributed by atoms with Crippen LogP contribution in [0.1, 0.15) is 5.56 Å². The highest BCUT2D eigenvalue weighted by Crippen LogP contribution is 2.15. The van der Waals surface area contributed by atoms with E-state index in [2.05, 4.69) is 22.6 Å². The Hall–Kier alpha value is -0.170. The van der Waals surface area contributed by atoms with E-state index in [9.17, 15) is 0 Å². The van der Waals surface area contributed by atoms with Gasteiger partial charge in [-0.3, -0.25) is 0 Å². The highest BCUT2D eigenvalue weighted by molar-refractivity contribution is 14.1. The number of benzene rings is 1. The topological polar surface area (TPSA) is 60.7 Å². The van der Waals surface area contributed by atoms with Crippen LogP contribution in [0.4, 0.5) is 0 Å². The summed E-state index contributed by atoms with van der Waals surface area (Å²) in [4.78, 5) is 0. The summed E-state index contributed by atoms with van der Waals surface area (Å²) < 4.78 is 0.900. The molecule has 3 N–H and O–H groups in total. The second-order valence-corrected chi connectivity index (χ2v) is 3.70.